The fraction of sp³-hybridized carbons (Fsp3) is 0.545. The highest BCUT2D eigenvalue weighted by molar-refractivity contribution is 6.55. The molecule has 0 aromatic heterocycles. The van der Waals surface area contributed by atoms with E-state index in [0.717, 1.165) is 5.57 Å². The van der Waals surface area contributed by atoms with Gasteiger partial charge in [-0.15, -0.1) is 0 Å². The largest absolute Gasteiger partial charge is 0.447 e. The molecule has 82 valence electrons. The fourth-order valence-corrected chi connectivity index (χ4v) is 1.49. The summed E-state index contributed by atoms with van der Waals surface area (Å²) in [5.74, 6) is 5.39. The third-order valence-electron chi connectivity index (χ3n) is 1.77. The Morgan fingerprint density at radius 1 is 1.60 bits per heavy atom. The lowest BCUT2D eigenvalue weighted by atomic mass is 10.1. The Balaban J connectivity index is 2.44. The number of esters is 1. The Morgan fingerprint density at radius 2 is 2.13 bits per heavy atom. The summed E-state index contributed by atoms with van der Waals surface area (Å²) in [6, 6.07) is 0. The zero-order valence-corrected chi connectivity index (χ0v) is 10.4. The highest BCUT2D eigenvalue weighted by Crippen LogP contribution is 2.46. The van der Waals surface area contributed by atoms with Gasteiger partial charge >= 0.3 is 5.97 Å². The van der Waals surface area contributed by atoms with E-state index in [1.54, 1.807) is 19.9 Å². The number of halogens is 2. The maximum absolute atomic E-state index is 10.7. The van der Waals surface area contributed by atoms with Gasteiger partial charge in [0.2, 0.25) is 0 Å². The molecule has 0 atom stereocenters. The normalized spacial score (nSPS) is 17.3. The summed E-state index contributed by atoms with van der Waals surface area (Å²) in [6.07, 6.45) is 2.25. The number of carbonyl (C=O) groups is 1. The van der Waals surface area contributed by atoms with E-state index < -0.39 is 9.93 Å². The van der Waals surface area contributed by atoms with Crippen molar-refractivity contribution in [3.05, 3.63) is 11.6 Å². The second-order valence-electron chi connectivity index (χ2n) is 3.88. The molecular formula is C11H12Cl2O2. The summed E-state index contributed by atoms with van der Waals surface area (Å²) in [7, 11) is 0. The van der Waals surface area contributed by atoms with Crippen molar-refractivity contribution in [3.63, 3.8) is 0 Å². The van der Waals surface area contributed by atoms with Gasteiger partial charge in [0.25, 0.3) is 0 Å². The Kier molecular flexibility index (Phi) is 3.38. The minimum absolute atomic E-state index is 0.344. The predicted molar refractivity (Wildman–Crippen MR) is 60.8 cm³/mol. The van der Waals surface area contributed by atoms with E-state index in [0.29, 0.717) is 6.42 Å². The van der Waals surface area contributed by atoms with Crippen LogP contribution in [0.1, 0.15) is 27.2 Å². The molecule has 0 aromatic rings. The predicted octanol–water partition coefficient (Wildman–Crippen LogP) is 2.84. The van der Waals surface area contributed by atoms with Crippen LogP contribution in [0.25, 0.3) is 0 Å². The smallest absolute Gasteiger partial charge is 0.304 e. The highest BCUT2D eigenvalue weighted by atomic mass is 35.5. The summed E-state index contributed by atoms with van der Waals surface area (Å²) in [4.78, 5) is 10.7. The van der Waals surface area contributed by atoms with E-state index in [9.17, 15) is 4.79 Å². The van der Waals surface area contributed by atoms with Gasteiger partial charge in [0.05, 0.1) is 0 Å². The maximum atomic E-state index is 10.7. The number of hydrogen-bond donors (Lipinski definition) is 0. The van der Waals surface area contributed by atoms with Gasteiger partial charge in [-0.05, 0) is 25.5 Å². The van der Waals surface area contributed by atoms with Crippen molar-refractivity contribution < 1.29 is 9.53 Å². The lowest BCUT2D eigenvalue weighted by Crippen LogP contribution is -2.24. The molecule has 0 N–H and O–H groups in total. The van der Waals surface area contributed by atoms with Crippen LogP contribution in [-0.2, 0) is 9.53 Å². The SMILES string of the molecule is CC(=O)OC(C)(C)C#CCC1=CC1(Cl)Cl. The fourth-order valence-electron chi connectivity index (χ4n) is 1.09. The molecule has 0 unspecified atom stereocenters. The first-order valence-electron chi connectivity index (χ1n) is 4.52. The van der Waals surface area contributed by atoms with Gasteiger partial charge in [0, 0.05) is 13.3 Å². The van der Waals surface area contributed by atoms with Gasteiger partial charge in [0.15, 0.2) is 9.93 Å². The molecule has 0 aliphatic heterocycles. The first kappa shape index (κ1) is 12.4. The number of ether oxygens (including phenoxy) is 1. The minimum Gasteiger partial charge on any atom is -0.447 e. The number of rotatable bonds is 2. The number of carbonyl (C=O) groups excluding carboxylic acids is 1. The maximum Gasteiger partial charge on any atom is 0.304 e. The van der Waals surface area contributed by atoms with Crippen LogP contribution in [0, 0.1) is 11.8 Å². The van der Waals surface area contributed by atoms with E-state index >= 15 is 0 Å². The minimum atomic E-state index is -0.791. The van der Waals surface area contributed by atoms with E-state index in [1.165, 1.54) is 6.92 Å². The third kappa shape index (κ3) is 4.15. The van der Waals surface area contributed by atoms with Crippen LogP contribution >= 0.6 is 23.2 Å². The number of allylic oxidation sites excluding steroid dienone is 2. The van der Waals surface area contributed by atoms with Gasteiger partial charge in [-0.2, -0.15) is 0 Å². The van der Waals surface area contributed by atoms with Gasteiger partial charge in [-0.1, -0.05) is 35.0 Å². The van der Waals surface area contributed by atoms with Crippen LogP contribution in [0.15, 0.2) is 11.6 Å². The van der Waals surface area contributed by atoms with Crippen molar-refractivity contribution in [2.45, 2.75) is 37.1 Å². The topological polar surface area (TPSA) is 26.3 Å². The van der Waals surface area contributed by atoms with Crippen LogP contribution < -0.4 is 0 Å². The molecule has 0 spiro atoms. The standard InChI is InChI=1S/C11H12Cl2O2/c1-8(14)15-10(2,3)6-4-5-9-7-11(9,12)13/h7H,5H2,1-3H3. The summed E-state index contributed by atoms with van der Waals surface area (Å²) in [5, 5.41) is 0. The van der Waals surface area contributed by atoms with Crippen molar-refractivity contribution >= 4 is 29.2 Å². The first-order chi connectivity index (χ1) is 6.73. The first-order valence-corrected chi connectivity index (χ1v) is 5.28. The molecule has 0 heterocycles. The van der Waals surface area contributed by atoms with Crippen molar-refractivity contribution in [3.8, 4) is 11.8 Å². The molecule has 2 nitrogen and oxygen atoms in total. The average molecular weight is 247 g/mol. The Morgan fingerprint density at radius 3 is 2.53 bits per heavy atom. The zero-order chi connectivity index (χ0) is 11.7. The Labute approximate surface area is 99.6 Å². The van der Waals surface area contributed by atoms with E-state index in [2.05, 4.69) is 11.8 Å². The lowest BCUT2D eigenvalue weighted by molar-refractivity contribution is -0.148. The van der Waals surface area contributed by atoms with Crippen molar-refractivity contribution in [1.82, 2.24) is 0 Å². The van der Waals surface area contributed by atoms with E-state index in [4.69, 9.17) is 27.9 Å². The molecule has 0 saturated heterocycles. The van der Waals surface area contributed by atoms with E-state index in [-0.39, 0.29) is 5.97 Å². The molecule has 4 heteroatoms. The summed E-state index contributed by atoms with van der Waals surface area (Å²) in [5.41, 5.74) is 0.139. The Bertz CT molecular complexity index is 370. The number of alkyl halides is 2. The van der Waals surface area contributed by atoms with Crippen LogP contribution in [0.5, 0.6) is 0 Å². The second kappa shape index (κ2) is 4.08. The molecule has 0 aromatic carbocycles. The average Bonchev–Trinajstić information content (AvgIpc) is 2.55. The molecule has 0 radical (unpaired) electrons. The van der Waals surface area contributed by atoms with Gasteiger partial charge in [-0.3, -0.25) is 4.79 Å². The van der Waals surface area contributed by atoms with Gasteiger partial charge in [-0.25, -0.2) is 0 Å². The summed E-state index contributed by atoms with van der Waals surface area (Å²) < 4.78 is 4.20. The molecule has 0 amide bonds. The lowest BCUT2D eigenvalue weighted by Gasteiger charge is -2.16. The van der Waals surface area contributed by atoms with Crippen molar-refractivity contribution in [1.29, 1.82) is 0 Å². The van der Waals surface area contributed by atoms with E-state index in [1.807, 2.05) is 0 Å². The molecule has 1 rings (SSSR count). The van der Waals surface area contributed by atoms with Crippen molar-refractivity contribution in [2.75, 3.05) is 0 Å². The van der Waals surface area contributed by atoms with Crippen LogP contribution in [0.2, 0.25) is 0 Å². The quantitative estimate of drug-likeness (QED) is 0.324. The van der Waals surface area contributed by atoms with Gasteiger partial charge in [0.1, 0.15) is 0 Å². The summed E-state index contributed by atoms with van der Waals surface area (Å²) >= 11 is 11.5. The van der Waals surface area contributed by atoms with Gasteiger partial charge < -0.3 is 4.74 Å². The zero-order valence-electron chi connectivity index (χ0n) is 8.86. The molecule has 15 heavy (non-hydrogen) atoms. The molecule has 0 saturated carbocycles. The number of hydrogen-bond acceptors (Lipinski definition) is 2. The van der Waals surface area contributed by atoms with Crippen LogP contribution in [-0.4, -0.2) is 15.9 Å². The second-order valence-corrected chi connectivity index (χ2v) is 5.26. The molecule has 0 fully saturated rings. The molecular weight excluding hydrogens is 235 g/mol. The van der Waals surface area contributed by atoms with Crippen LogP contribution in [0.3, 0.4) is 0 Å². The van der Waals surface area contributed by atoms with Crippen molar-refractivity contribution in [2.24, 2.45) is 0 Å². The highest BCUT2D eigenvalue weighted by Gasteiger charge is 2.38. The molecule has 1 aliphatic carbocycles. The molecule has 0 bridgehead atoms. The summed E-state index contributed by atoms with van der Waals surface area (Å²) in [6.45, 7) is 4.82. The Hall–Kier alpha value is -0.650. The third-order valence-corrected chi connectivity index (χ3v) is 2.47. The van der Waals surface area contributed by atoms with Crippen LogP contribution in [0.4, 0.5) is 0 Å². The monoisotopic (exact) mass is 246 g/mol. The molecule has 1 aliphatic rings.